The number of fused-ring (bicyclic) bond motifs is 1. The summed E-state index contributed by atoms with van der Waals surface area (Å²) in [7, 11) is 0. The maximum absolute atomic E-state index is 10.8. The van der Waals surface area contributed by atoms with E-state index in [1.807, 2.05) is 24.3 Å². The van der Waals surface area contributed by atoms with Gasteiger partial charge in [0, 0.05) is 11.5 Å². The summed E-state index contributed by atoms with van der Waals surface area (Å²) >= 11 is 0. The Bertz CT molecular complexity index is 1100. The molecule has 0 aliphatic heterocycles. The Morgan fingerprint density at radius 3 is 2.11 bits per heavy atom. The first-order valence-electron chi connectivity index (χ1n) is 9.57. The largest absolute Gasteiger partial charge is 0.507 e. The van der Waals surface area contributed by atoms with Crippen molar-refractivity contribution in [3.8, 4) is 16.9 Å². The second-order valence-corrected chi connectivity index (χ2v) is 7.82. The van der Waals surface area contributed by atoms with Crippen molar-refractivity contribution in [1.82, 2.24) is 0 Å². The first-order chi connectivity index (χ1) is 12.9. The van der Waals surface area contributed by atoms with E-state index < -0.39 is 0 Å². The van der Waals surface area contributed by atoms with Crippen LogP contribution < -0.4 is 0 Å². The van der Waals surface area contributed by atoms with Crippen molar-refractivity contribution < 1.29 is 5.11 Å². The van der Waals surface area contributed by atoms with E-state index in [-0.39, 0.29) is 5.92 Å². The van der Waals surface area contributed by atoms with E-state index >= 15 is 0 Å². The van der Waals surface area contributed by atoms with Crippen LogP contribution in [0, 0.1) is 6.92 Å². The number of hydrogen-bond acceptors (Lipinski definition) is 1. The summed E-state index contributed by atoms with van der Waals surface area (Å²) in [5.74, 6) is 0.617. The molecule has 1 nitrogen and oxygen atoms in total. The van der Waals surface area contributed by atoms with Crippen LogP contribution in [0.25, 0.3) is 21.9 Å². The van der Waals surface area contributed by atoms with Crippen molar-refractivity contribution in [2.24, 2.45) is 0 Å². The lowest BCUT2D eigenvalue weighted by Crippen LogP contribution is -2.03. The average molecular weight is 354 g/mol. The summed E-state index contributed by atoms with van der Waals surface area (Å²) in [6.45, 7) is 11.1. The number of phenolic OH excluding ortho intramolecular Hbond substituents is 1. The fourth-order valence-corrected chi connectivity index (χ4v) is 4.51. The van der Waals surface area contributed by atoms with Gasteiger partial charge in [0.2, 0.25) is 0 Å². The van der Waals surface area contributed by atoms with E-state index in [4.69, 9.17) is 0 Å². The summed E-state index contributed by atoms with van der Waals surface area (Å²) < 4.78 is 0. The number of rotatable bonds is 2. The van der Waals surface area contributed by atoms with Crippen molar-refractivity contribution in [3.05, 3.63) is 88.0 Å². The molecule has 0 unspecified atom stereocenters. The minimum absolute atomic E-state index is 0.276. The third-order valence-corrected chi connectivity index (χ3v) is 6.31. The molecule has 0 aromatic heterocycles. The monoisotopic (exact) mass is 354 g/mol. The van der Waals surface area contributed by atoms with Gasteiger partial charge in [-0.2, -0.15) is 0 Å². The van der Waals surface area contributed by atoms with Gasteiger partial charge in [0.25, 0.3) is 0 Å². The van der Waals surface area contributed by atoms with E-state index in [9.17, 15) is 5.11 Å². The van der Waals surface area contributed by atoms with Crippen LogP contribution in [0.4, 0.5) is 0 Å². The van der Waals surface area contributed by atoms with Crippen molar-refractivity contribution in [2.75, 3.05) is 0 Å². The Hall–Kier alpha value is -2.80. The molecule has 0 fully saturated rings. The highest BCUT2D eigenvalue weighted by Crippen LogP contribution is 2.48. The van der Waals surface area contributed by atoms with Crippen molar-refractivity contribution in [2.45, 2.75) is 40.5 Å². The van der Waals surface area contributed by atoms with Gasteiger partial charge in [-0.05, 0) is 73.7 Å². The lowest BCUT2D eigenvalue weighted by Gasteiger charge is -2.22. The predicted molar refractivity (Wildman–Crippen MR) is 115 cm³/mol. The van der Waals surface area contributed by atoms with E-state index in [1.165, 1.54) is 33.4 Å². The molecule has 136 valence electrons. The highest BCUT2D eigenvalue weighted by Gasteiger charge is 2.28. The zero-order valence-corrected chi connectivity index (χ0v) is 16.7. The maximum atomic E-state index is 10.8. The summed E-state index contributed by atoms with van der Waals surface area (Å²) in [6, 6.07) is 18.7. The molecule has 0 saturated heterocycles. The molecule has 1 heteroatoms. The van der Waals surface area contributed by atoms with Crippen LogP contribution >= 0.6 is 0 Å². The summed E-state index contributed by atoms with van der Waals surface area (Å²) in [5, 5.41) is 13.1. The molecule has 1 aliphatic carbocycles. The Morgan fingerprint density at radius 1 is 0.741 bits per heavy atom. The quantitative estimate of drug-likeness (QED) is 0.512. The van der Waals surface area contributed by atoms with Crippen LogP contribution in [0.1, 0.15) is 44.7 Å². The van der Waals surface area contributed by atoms with Crippen molar-refractivity contribution in [1.29, 1.82) is 0 Å². The highest BCUT2D eigenvalue weighted by molar-refractivity contribution is 6.00. The summed E-state index contributed by atoms with van der Waals surface area (Å²) in [5.41, 5.74) is 10.2. The van der Waals surface area contributed by atoms with Crippen LogP contribution in [0.2, 0.25) is 0 Å². The Morgan fingerprint density at radius 2 is 1.41 bits per heavy atom. The Balaban J connectivity index is 2.05. The van der Waals surface area contributed by atoms with Crippen LogP contribution in [0.5, 0.6) is 5.75 Å². The molecule has 1 N–H and O–H groups in total. The fraction of sp³-hybridized carbons (Fsp3) is 0.231. The minimum atomic E-state index is 0.276. The molecule has 0 spiro atoms. The minimum Gasteiger partial charge on any atom is -0.507 e. The summed E-state index contributed by atoms with van der Waals surface area (Å²) in [4.78, 5) is 0. The molecule has 3 aromatic rings. The molecule has 0 radical (unpaired) electrons. The number of phenols is 1. The molecule has 0 saturated carbocycles. The van der Waals surface area contributed by atoms with Crippen LogP contribution in [0.3, 0.4) is 0 Å². The Labute approximate surface area is 161 Å². The number of aromatic hydroxyl groups is 1. The molecule has 0 atom stereocenters. The molecule has 27 heavy (non-hydrogen) atoms. The number of benzene rings is 3. The Kier molecular flexibility index (Phi) is 4.19. The smallest absolute Gasteiger partial charge is 0.124 e. The van der Waals surface area contributed by atoms with Crippen molar-refractivity contribution >= 4 is 10.8 Å². The van der Waals surface area contributed by atoms with Gasteiger partial charge in [-0.3, -0.25) is 0 Å². The maximum Gasteiger partial charge on any atom is 0.124 e. The molecule has 0 amide bonds. The molecule has 1 aliphatic rings. The third-order valence-electron chi connectivity index (χ3n) is 6.31. The molecule has 4 rings (SSSR count). The lowest BCUT2D eigenvalue weighted by atomic mass is 9.82. The van der Waals surface area contributed by atoms with Gasteiger partial charge < -0.3 is 5.11 Å². The SMILES string of the molecule is CC1=C(C)C(c2cc(C)ccc2-c2c(O)ccc3ccccc23)C(C)=C1C. The molecule has 0 heterocycles. The van der Waals surface area contributed by atoms with Gasteiger partial charge in [-0.1, -0.05) is 65.2 Å². The molecular weight excluding hydrogens is 328 g/mol. The van der Waals surface area contributed by atoms with Crippen LogP contribution in [0.15, 0.2) is 76.9 Å². The van der Waals surface area contributed by atoms with Gasteiger partial charge in [-0.25, -0.2) is 0 Å². The van der Waals surface area contributed by atoms with Crippen molar-refractivity contribution in [3.63, 3.8) is 0 Å². The first kappa shape index (κ1) is 17.6. The number of hydrogen-bond donors (Lipinski definition) is 1. The standard InChI is InChI=1S/C26H26O/c1-15-10-12-22(23(14-15)25-18(4)16(2)17(3)19(25)5)26-21-9-7-6-8-20(21)11-13-24(26)27/h6-14,25,27H,1-5H3. The molecule has 3 aromatic carbocycles. The topological polar surface area (TPSA) is 20.2 Å². The third kappa shape index (κ3) is 2.70. The second kappa shape index (κ2) is 6.42. The highest BCUT2D eigenvalue weighted by atomic mass is 16.3. The van der Waals surface area contributed by atoms with E-state index in [0.717, 1.165) is 21.9 Å². The normalized spacial score (nSPS) is 15.3. The van der Waals surface area contributed by atoms with Crippen LogP contribution in [-0.2, 0) is 0 Å². The van der Waals surface area contributed by atoms with Gasteiger partial charge in [0.1, 0.15) is 5.75 Å². The van der Waals surface area contributed by atoms with Gasteiger partial charge in [-0.15, -0.1) is 0 Å². The van der Waals surface area contributed by atoms with Gasteiger partial charge in [0.15, 0.2) is 0 Å². The van der Waals surface area contributed by atoms with Crippen LogP contribution in [-0.4, -0.2) is 5.11 Å². The molecule has 0 bridgehead atoms. The number of allylic oxidation sites excluding steroid dienone is 4. The first-order valence-corrected chi connectivity index (χ1v) is 9.57. The zero-order chi connectivity index (χ0) is 19.3. The average Bonchev–Trinajstić information content (AvgIpc) is 2.85. The number of aryl methyl sites for hydroxylation is 1. The fourth-order valence-electron chi connectivity index (χ4n) is 4.51. The van der Waals surface area contributed by atoms with E-state index in [1.54, 1.807) is 0 Å². The molecular formula is C26H26O. The van der Waals surface area contributed by atoms with Gasteiger partial charge >= 0.3 is 0 Å². The van der Waals surface area contributed by atoms with Gasteiger partial charge in [0.05, 0.1) is 0 Å². The second-order valence-electron chi connectivity index (χ2n) is 7.82. The summed E-state index contributed by atoms with van der Waals surface area (Å²) in [6.07, 6.45) is 0. The van der Waals surface area contributed by atoms with E-state index in [0.29, 0.717) is 5.75 Å². The predicted octanol–water partition coefficient (Wildman–Crippen LogP) is 7.29. The van der Waals surface area contributed by atoms with E-state index in [2.05, 4.69) is 65.0 Å². The zero-order valence-electron chi connectivity index (χ0n) is 16.7. The lowest BCUT2D eigenvalue weighted by molar-refractivity contribution is 0.478.